The number of aryl methyl sites for hydroxylation is 1. The zero-order valence-corrected chi connectivity index (χ0v) is 9.81. The third-order valence-corrected chi connectivity index (χ3v) is 2.38. The van der Waals surface area contributed by atoms with E-state index in [-0.39, 0.29) is 19.6 Å². The predicted molar refractivity (Wildman–Crippen MR) is 62.0 cm³/mol. The number of rotatable bonds is 4. The molecule has 0 aliphatic rings. The summed E-state index contributed by atoms with van der Waals surface area (Å²) in [6, 6.07) is 2.07. The SMILES string of the molecule is Cc1cc(CCO)c(C)n1CCO.NC=O. The standard InChI is InChI=1S/C10H17NO2.CH3NO/c1-8-7-10(3-5-12)9(2)11(8)4-6-13;2-1-3/h7,12-13H,3-6H2,1-2H3;1H,(H2,2,3). The maximum atomic E-state index is 8.84. The first kappa shape index (κ1) is 14.7. The molecular formula is C11H20N2O3. The molecule has 16 heavy (non-hydrogen) atoms. The van der Waals surface area contributed by atoms with Crippen molar-refractivity contribution < 1.29 is 15.0 Å². The van der Waals surface area contributed by atoms with Crippen LogP contribution in [0.25, 0.3) is 0 Å². The van der Waals surface area contributed by atoms with E-state index in [1.165, 1.54) is 5.56 Å². The molecular weight excluding hydrogens is 208 g/mol. The first-order chi connectivity index (χ1) is 7.62. The molecule has 1 aromatic rings. The molecule has 0 aliphatic heterocycles. The summed E-state index contributed by atoms with van der Waals surface area (Å²) in [7, 11) is 0. The lowest BCUT2D eigenvalue weighted by Crippen LogP contribution is -2.06. The summed E-state index contributed by atoms with van der Waals surface area (Å²) in [5, 5.41) is 17.7. The summed E-state index contributed by atoms with van der Waals surface area (Å²) in [5.41, 5.74) is 7.64. The first-order valence-electron chi connectivity index (χ1n) is 5.15. The Bertz CT molecular complexity index is 321. The highest BCUT2D eigenvalue weighted by Crippen LogP contribution is 2.14. The highest BCUT2D eigenvalue weighted by molar-refractivity contribution is 5.42. The van der Waals surface area contributed by atoms with Crippen molar-refractivity contribution >= 4 is 6.41 Å². The quantitative estimate of drug-likeness (QED) is 0.620. The molecule has 0 saturated carbocycles. The maximum Gasteiger partial charge on any atom is 0.204 e. The van der Waals surface area contributed by atoms with Gasteiger partial charge in [0.15, 0.2) is 0 Å². The minimum absolute atomic E-state index is 0.162. The number of carbonyl (C=O) groups excluding carboxylic acids is 1. The van der Waals surface area contributed by atoms with Gasteiger partial charge in [-0.1, -0.05) is 0 Å². The van der Waals surface area contributed by atoms with Crippen LogP contribution >= 0.6 is 0 Å². The number of aliphatic hydroxyl groups excluding tert-OH is 2. The minimum Gasteiger partial charge on any atom is -0.396 e. The molecule has 0 aromatic carbocycles. The van der Waals surface area contributed by atoms with Crippen LogP contribution in [0.15, 0.2) is 6.07 Å². The number of nitrogens with two attached hydrogens (primary N) is 1. The van der Waals surface area contributed by atoms with Crippen LogP contribution in [-0.2, 0) is 17.8 Å². The smallest absolute Gasteiger partial charge is 0.204 e. The molecule has 0 unspecified atom stereocenters. The van der Waals surface area contributed by atoms with Crippen LogP contribution in [0.2, 0.25) is 0 Å². The van der Waals surface area contributed by atoms with Gasteiger partial charge in [-0.15, -0.1) is 0 Å². The van der Waals surface area contributed by atoms with E-state index in [2.05, 4.69) is 16.4 Å². The van der Waals surface area contributed by atoms with Crippen molar-refractivity contribution in [2.45, 2.75) is 26.8 Å². The van der Waals surface area contributed by atoms with Crippen LogP contribution in [0.5, 0.6) is 0 Å². The van der Waals surface area contributed by atoms with E-state index in [4.69, 9.17) is 15.0 Å². The van der Waals surface area contributed by atoms with Crippen LogP contribution < -0.4 is 5.73 Å². The first-order valence-corrected chi connectivity index (χ1v) is 5.15. The second-order valence-electron chi connectivity index (χ2n) is 3.38. The van der Waals surface area contributed by atoms with Gasteiger partial charge < -0.3 is 20.5 Å². The molecule has 0 fully saturated rings. The summed E-state index contributed by atoms with van der Waals surface area (Å²) in [6.07, 6.45) is 0.950. The van der Waals surface area contributed by atoms with E-state index in [1.807, 2.05) is 13.8 Å². The molecule has 0 radical (unpaired) electrons. The lowest BCUT2D eigenvalue weighted by atomic mass is 10.2. The second-order valence-corrected chi connectivity index (χ2v) is 3.38. The summed E-state index contributed by atoms with van der Waals surface area (Å²) in [5.74, 6) is 0. The van der Waals surface area contributed by atoms with Crippen molar-refractivity contribution in [3.8, 4) is 0 Å². The molecule has 4 N–H and O–H groups in total. The van der Waals surface area contributed by atoms with Crippen LogP contribution in [-0.4, -0.2) is 34.4 Å². The van der Waals surface area contributed by atoms with Gasteiger partial charge in [0.1, 0.15) is 0 Å². The molecule has 1 amide bonds. The highest BCUT2D eigenvalue weighted by Gasteiger charge is 2.07. The van der Waals surface area contributed by atoms with E-state index in [1.54, 1.807) is 0 Å². The molecule has 0 bridgehead atoms. The molecule has 1 rings (SSSR count). The van der Waals surface area contributed by atoms with Crippen LogP contribution in [0.1, 0.15) is 17.0 Å². The maximum absolute atomic E-state index is 8.84. The number of hydrogen-bond donors (Lipinski definition) is 3. The number of aromatic nitrogens is 1. The van der Waals surface area contributed by atoms with Crippen LogP contribution in [0, 0.1) is 13.8 Å². The molecule has 5 heteroatoms. The van der Waals surface area contributed by atoms with E-state index < -0.39 is 0 Å². The van der Waals surface area contributed by atoms with Gasteiger partial charge in [0, 0.05) is 24.5 Å². The van der Waals surface area contributed by atoms with Crippen molar-refractivity contribution in [2.24, 2.45) is 5.73 Å². The summed E-state index contributed by atoms with van der Waals surface area (Å²) in [4.78, 5) is 8.58. The van der Waals surface area contributed by atoms with Crippen molar-refractivity contribution in [1.82, 2.24) is 4.57 Å². The van der Waals surface area contributed by atoms with Gasteiger partial charge in [0.05, 0.1) is 6.61 Å². The molecule has 92 valence electrons. The van der Waals surface area contributed by atoms with Gasteiger partial charge in [-0.2, -0.15) is 0 Å². The third kappa shape index (κ3) is 4.04. The number of carbonyl (C=O) groups is 1. The third-order valence-electron chi connectivity index (χ3n) is 2.38. The largest absolute Gasteiger partial charge is 0.396 e. The Morgan fingerprint density at radius 1 is 1.38 bits per heavy atom. The minimum atomic E-state index is 0.162. The monoisotopic (exact) mass is 228 g/mol. The lowest BCUT2D eigenvalue weighted by Gasteiger charge is -2.06. The summed E-state index contributed by atoms with van der Waals surface area (Å²) < 4.78 is 2.07. The summed E-state index contributed by atoms with van der Waals surface area (Å²) >= 11 is 0. The fourth-order valence-corrected chi connectivity index (χ4v) is 1.69. The molecule has 5 nitrogen and oxygen atoms in total. The van der Waals surface area contributed by atoms with Crippen molar-refractivity contribution in [2.75, 3.05) is 13.2 Å². The van der Waals surface area contributed by atoms with Crippen molar-refractivity contribution in [3.63, 3.8) is 0 Å². The van der Waals surface area contributed by atoms with Gasteiger partial charge in [-0.05, 0) is 31.9 Å². The van der Waals surface area contributed by atoms with Gasteiger partial charge >= 0.3 is 0 Å². The molecule has 0 spiro atoms. The number of amides is 1. The van der Waals surface area contributed by atoms with Crippen molar-refractivity contribution in [1.29, 1.82) is 0 Å². The second kappa shape index (κ2) is 7.90. The zero-order chi connectivity index (χ0) is 12.6. The topological polar surface area (TPSA) is 88.5 Å². The van der Waals surface area contributed by atoms with Gasteiger partial charge in [-0.25, -0.2) is 0 Å². The number of hydrogen-bond acceptors (Lipinski definition) is 3. The normalized spacial score (nSPS) is 9.50. The van der Waals surface area contributed by atoms with Crippen LogP contribution in [0.4, 0.5) is 0 Å². The number of aliphatic hydroxyl groups is 2. The fraction of sp³-hybridized carbons (Fsp3) is 0.545. The Morgan fingerprint density at radius 2 is 1.94 bits per heavy atom. The molecule has 0 atom stereocenters. The molecule has 0 aliphatic carbocycles. The number of nitrogens with zero attached hydrogens (tertiary/aromatic N) is 1. The van der Waals surface area contributed by atoms with E-state index in [0.29, 0.717) is 13.0 Å². The zero-order valence-electron chi connectivity index (χ0n) is 9.81. The van der Waals surface area contributed by atoms with Crippen molar-refractivity contribution in [3.05, 3.63) is 23.0 Å². The number of primary amides is 1. The van der Waals surface area contributed by atoms with Gasteiger partial charge in [0.25, 0.3) is 0 Å². The molecule has 0 saturated heterocycles. The van der Waals surface area contributed by atoms with E-state index in [9.17, 15) is 0 Å². The van der Waals surface area contributed by atoms with Gasteiger partial charge in [0.2, 0.25) is 6.41 Å². The predicted octanol–water partition coefficient (Wildman–Crippen LogP) is -0.266. The lowest BCUT2D eigenvalue weighted by molar-refractivity contribution is -0.106. The Hall–Kier alpha value is -1.33. The fourth-order valence-electron chi connectivity index (χ4n) is 1.69. The Kier molecular flexibility index (Phi) is 7.24. The molecule has 1 heterocycles. The van der Waals surface area contributed by atoms with Crippen LogP contribution in [0.3, 0.4) is 0 Å². The Balaban J connectivity index is 0.000000673. The Morgan fingerprint density at radius 3 is 2.38 bits per heavy atom. The van der Waals surface area contributed by atoms with E-state index in [0.717, 1.165) is 11.4 Å². The Labute approximate surface area is 95.5 Å². The average molecular weight is 228 g/mol. The summed E-state index contributed by atoms with van der Waals surface area (Å²) in [6.45, 7) is 5.03. The average Bonchev–Trinajstić information content (AvgIpc) is 2.48. The molecule has 1 aromatic heterocycles. The highest BCUT2D eigenvalue weighted by atomic mass is 16.3. The van der Waals surface area contributed by atoms with E-state index >= 15 is 0 Å². The van der Waals surface area contributed by atoms with Gasteiger partial charge in [-0.3, -0.25) is 4.79 Å².